The lowest BCUT2D eigenvalue weighted by molar-refractivity contribution is 0.130. The van der Waals surface area contributed by atoms with E-state index >= 15 is 0 Å². The number of aromatic nitrogens is 1. The molecule has 0 spiro atoms. The van der Waals surface area contributed by atoms with E-state index in [2.05, 4.69) is 16.8 Å². The van der Waals surface area contributed by atoms with E-state index < -0.39 is 0 Å². The van der Waals surface area contributed by atoms with Crippen LogP contribution < -0.4 is 0 Å². The first kappa shape index (κ1) is 15.5. The van der Waals surface area contributed by atoms with Gasteiger partial charge in [-0.05, 0) is 64.3 Å². The van der Waals surface area contributed by atoms with Crippen molar-refractivity contribution < 1.29 is 9.52 Å². The highest BCUT2D eigenvalue weighted by molar-refractivity contribution is 5.72. The maximum Gasteiger partial charge on any atom is 0.195 e. The van der Waals surface area contributed by atoms with Crippen molar-refractivity contribution in [3.63, 3.8) is 0 Å². The largest absolute Gasteiger partial charge is 0.441 e. The molecular weight excluding hydrogens is 276 g/mol. The first-order valence-corrected chi connectivity index (χ1v) is 8.42. The molecule has 1 N–H and O–H groups in total. The summed E-state index contributed by atoms with van der Waals surface area (Å²) >= 11 is 0. The van der Waals surface area contributed by atoms with Crippen LogP contribution in [0.3, 0.4) is 0 Å². The predicted octanol–water partition coefficient (Wildman–Crippen LogP) is 3.39. The molecule has 0 bridgehead atoms. The number of para-hydroxylation sites is 2. The summed E-state index contributed by atoms with van der Waals surface area (Å²) < 4.78 is 5.79. The molecule has 1 aromatic heterocycles. The Balaban J connectivity index is 1.53. The minimum absolute atomic E-state index is 0.268. The Morgan fingerprint density at radius 2 is 2.18 bits per heavy atom. The van der Waals surface area contributed by atoms with E-state index in [1.54, 1.807) is 0 Å². The first-order valence-electron chi connectivity index (χ1n) is 8.42. The van der Waals surface area contributed by atoms with E-state index in [9.17, 15) is 0 Å². The molecule has 2 heterocycles. The van der Waals surface area contributed by atoms with Crippen LogP contribution in [0.4, 0.5) is 0 Å². The molecule has 1 saturated heterocycles. The third-order valence-electron chi connectivity index (χ3n) is 4.94. The number of aryl methyl sites for hydroxylation is 1. The minimum Gasteiger partial charge on any atom is -0.441 e. The van der Waals surface area contributed by atoms with Crippen LogP contribution in [0.5, 0.6) is 0 Å². The molecule has 22 heavy (non-hydrogen) atoms. The van der Waals surface area contributed by atoms with Crippen LogP contribution in [-0.4, -0.2) is 40.2 Å². The molecule has 0 aliphatic carbocycles. The highest BCUT2D eigenvalue weighted by Gasteiger charge is 2.35. The molecule has 1 aliphatic rings. The van der Waals surface area contributed by atoms with Crippen LogP contribution in [0.1, 0.15) is 44.9 Å². The summed E-state index contributed by atoms with van der Waals surface area (Å²) in [7, 11) is 0. The van der Waals surface area contributed by atoms with Crippen molar-refractivity contribution >= 4 is 11.1 Å². The van der Waals surface area contributed by atoms with Crippen molar-refractivity contribution in [2.45, 2.75) is 51.0 Å². The topological polar surface area (TPSA) is 49.5 Å². The number of benzene rings is 1. The molecule has 0 unspecified atom stereocenters. The summed E-state index contributed by atoms with van der Waals surface area (Å²) in [6.07, 6.45) is 6.47. The van der Waals surface area contributed by atoms with Gasteiger partial charge in [-0.2, -0.15) is 0 Å². The summed E-state index contributed by atoms with van der Waals surface area (Å²) in [5.74, 6) is 0.845. The van der Waals surface area contributed by atoms with Crippen LogP contribution in [0.2, 0.25) is 0 Å². The molecular formula is C18H26N2O2. The quantitative estimate of drug-likeness (QED) is 0.852. The van der Waals surface area contributed by atoms with E-state index in [1.165, 1.54) is 19.4 Å². The van der Waals surface area contributed by atoms with Crippen molar-refractivity contribution in [1.29, 1.82) is 0 Å². The van der Waals surface area contributed by atoms with Crippen LogP contribution in [0.25, 0.3) is 11.1 Å². The zero-order valence-electron chi connectivity index (χ0n) is 13.4. The maximum atomic E-state index is 9.08. The van der Waals surface area contributed by atoms with Gasteiger partial charge >= 0.3 is 0 Å². The number of rotatable bonds is 7. The van der Waals surface area contributed by atoms with E-state index in [1.807, 2.05) is 24.3 Å². The van der Waals surface area contributed by atoms with E-state index in [0.29, 0.717) is 6.61 Å². The molecule has 120 valence electrons. The lowest BCUT2D eigenvalue weighted by atomic mass is 9.92. The van der Waals surface area contributed by atoms with Crippen LogP contribution in [0, 0.1) is 0 Å². The molecule has 4 heteroatoms. The SMILES string of the molecule is C[C@]1(CCCO)CCCN1CCCc1nc2ccccc2o1. The third kappa shape index (κ3) is 3.33. The fraction of sp³-hybridized carbons (Fsp3) is 0.611. The third-order valence-corrected chi connectivity index (χ3v) is 4.94. The number of nitrogens with zero attached hydrogens (tertiary/aromatic N) is 2. The maximum absolute atomic E-state index is 9.08. The zero-order chi connectivity index (χ0) is 15.4. The van der Waals surface area contributed by atoms with Gasteiger partial charge in [0, 0.05) is 18.6 Å². The normalized spacial score (nSPS) is 22.6. The highest BCUT2D eigenvalue weighted by Crippen LogP contribution is 2.33. The van der Waals surface area contributed by atoms with Crippen molar-refractivity contribution in [3.05, 3.63) is 30.2 Å². The van der Waals surface area contributed by atoms with E-state index in [4.69, 9.17) is 9.52 Å². The van der Waals surface area contributed by atoms with Gasteiger partial charge < -0.3 is 9.52 Å². The predicted molar refractivity (Wildman–Crippen MR) is 87.9 cm³/mol. The second-order valence-electron chi connectivity index (χ2n) is 6.59. The number of oxazole rings is 1. The van der Waals surface area contributed by atoms with Crippen LogP contribution in [0.15, 0.2) is 28.7 Å². The molecule has 2 aromatic rings. The van der Waals surface area contributed by atoms with Crippen molar-refractivity contribution in [1.82, 2.24) is 9.88 Å². The van der Waals surface area contributed by atoms with Gasteiger partial charge in [0.25, 0.3) is 0 Å². The summed E-state index contributed by atoms with van der Waals surface area (Å²) in [4.78, 5) is 7.13. The Morgan fingerprint density at radius 3 is 3.00 bits per heavy atom. The summed E-state index contributed by atoms with van der Waals surface area (Å²) in [6, 6.07) is 7.94. The molecule has 3 rings (SSSR count). The number of likely N-dealkylation sites (tertiary alicyclic amines) is 1. The Labute approximate surface area is 132 Å². The summed E-state index contributed by atoms with van der Waals surface area (Å²) in [5, 5.41) is 9.08. The highest BCUT2D eigenvalue weighted by atomic mass is 16.3. The van der Waals surface area contributed by atoms with Gasteiger partial charge in [0.2, 0.25) is 0 Å². The molecule has 1 fully saturated rings. The lowest BCUT2D eigenvalue weighted by Crippen LogP contribution is -2.41. The Morgan fingerprint density at radius 1 is 1.32 bits per heavy atom. The van der Waals surface area contributed by atoms with Crippen LogP contribution in [-0.2, 0) is 6.42 Å². The average Bonchev–Trinajstić information content (AvgIpc) is 3.09. The van der Waals surface area contributed by atoms with E-state index in [-0.39, 0.29) is 5.54 Å². The molecule has 1 atom stereocenters. The van der Waals surface area contributed by atoms with Gasteiger partial charge in [0.05, 0.1) is 0 Å². The van der Waals surface area contributed by atoms with Crippen molar-refractivity contribution in [2.24, 2.45) is 0 Å². The lowest BCUT2D eigenvalue weighted by Gasteiger charge is -2.35. The average molecular weight is 302 g/mol. The van der Waals surface area contributed by atoms with Gasteiger partial charge in [-0.25, -0.2) is 4.98 Å². The van der Waals surface area contributed by atoms with Crippen molar-refractivity contribution in [2.75, 3.05) is 19.7 Å². The van der Waals surface area contributed by atoms with Gasteiger partial charge in [-0.15, -0.1) is 0 Å². The molecule has 0 radical (unpaired) electrons. The van der Waals surface area contributed by atoms with Crippen LogP contribution >= 0.6 is 0 Å². The number of hydrogen-bond acceptors (Lipinski definition) is 4. The number of aliphatic hydroxyl groups excluding tert-OH is 1. The standard InChI is InChI=1S/C18H26N2O2/c1-18(11-6-14-21)10-5-13-20(18)12-4-9-17-19-15-7-2-3-8-16(15)22-17/h2-3,7-8,21H,4-6,9-14H2,1H3/t18-/m1/s1. The Kier molecular flexibility index (Phi) is 4.79. The minimum atomic E-state index is 0.268. The van der Waals surface area contributed by atoms with Gasteiger partial charge in [0.15, 0.2) is 11.5 Å². The molecule has 0 saturated carbocycles. The second kappa shape index (κ2) is 6.80. The fourth-order valence-electron chi connectivity index (χ4n) is 3.65. The molecule has 1 aromatic carbocycles. The molecule has 0 amide bonds. The number of fused-ring (bicyclic) bond motifs is 1. The monoisotopic (exact) mass is 302 g/mol. The second-order valence-corrected chi connectivity index (χ2v) is 6.59. The number of aliphatic hydroxyl groups is 1. The van der Waals surface area contributed by atoms with Gasteiger partial charge in [-0.1, -0.05) is 12.1 Å². The number of hydrogen-bond donors (Lipinski definition) is 1. The van der Waals surface area contributed by atoms with Crippen molar-refractivity contribution in [3.8, 4) is 0 Å². The first-order chi connectivity index (χ1) is 10.7. The molecule has 4 nitrogen and oxygen atoms in total. The Bertz CT molecular complexity index is 577. The smallest absolute Gasteiger partial charge is 0.195 e. The van der Waals surface area contributed by atoms with Gasteiger partial charge in [-0.3, -0.25) is 4.90 Å². The fourth-order valence-corrected chi connectivity index (χ4v) is 3.65. The summed E-state index contributed by atoms with van der Waals surface area (Å²) in [5.41, 5.74) is 2.10. The van der Waals surface area contributed by atoms with E-state index in [0.717, 1.165) is 49.2 Å². The summed E-state index contributed by atoms with van der Waals surface area (Å²) in [6.45, 7) is 4.90. The van der Waals surface area contributed by atoms with Gasteiger partial charge in [0.1, 0.15) is 5.52 Å². The molecule has 1 aliphatic heterocycles. The zero-order valence-corrected chi connectivity index (χ0v) is 13.4. The Hall–Kier alpha value is -1.39.